The van der Waals surface area contributed by atoms with Crippen molar-refractivity contribution < 1.29 is 9.90 Å². The van der Waals surface area contributed by atoms with Gasteiger partial charge < -0.3 is 10.0 Å². The van der Waals surface area contributed by atoms with E-state index in [2.05, 4.69) is 24.1 Å². The molecule has 1 saturated heterocycles. The van der Waals surface area contributed by atoms with Crippen LogP contribution < -0.4 is 0 Å². The summed E-state index contributed by atoms with van der Waals surface area (Å²) in [6.07, 6.45) is 2.55. The molecule has 19 heavy (non-hydrogen) atoms. The molecule has 1 fully saturated rings. The fourth-order valence-electron chi connectivity index (χ4n) is 2.47. The van der Waals surface area contributed by atoms with Crippen LogP contribution in [0.4, 0.5) is 0 Å². The summed E-state index contributed by atoms with van der Waals surface area (Å²) in [5, 5.41) is 12.1. The Kier molecular flexibility index (Phi) is 4.93. The molecule has 1 N–H and O–H groups in total. The molecule has 0 aliphatic carbocycles. The average Bonchev–Trinajstić information content (AvgIpc) is 2.86. The predicted molar refractivity (Wildman–Crippen MR) is 76.9 cm³/mol. The van der Waals surface area contributed by atoms with Crippen molar-refractivity contribution in [3.05, 3.63) is 16.1 Å². The summed E-state index contributed by atoms with van der Waals surface area (Å²) in [4.78, 5) is 17.6. The van der Waals surface area contributed by atoms with Gasteiger partial charge in [-0.25, -0.2) is 4.98 Å². The molecular weight excluding hydrogens is 260 g/mol. The quantitative estimate of drug-likeness (QED) is 0.902. The highest BCUT2D eigenvalue weighted by Crippen LogP contribution is 2.30. The lowest BCUT2D eigenvalue weighted by molar-refractivity contribution is -0.137. The van der Waals surface area contributed by atoms with Crippen molar-refractivity contribution in [2.24, 2.45) is 0 Å². The molecule has 1 aromatic rings. The Morgan fingerprint density at radius 1 is 1.63 bits per heavy atom. The highest BCUT2D eigenvalue weighted by molar-refractivity contribution is 7.09. The zero-order valence-electron chi connectivity index (χ0n) is 11.6. The van der Waals surface area contributed by atoms with Gasteiger partial charge in [-0.15, -0.1) is 11.3 Å². The summed E-state index contributed by atoms with van der Waals surface area (Å²) >= 11 is 1.76. The summed E-state index contributed by atoms with van der Waals surface area (Å²) in [6.45, 7) is 6.97. The van der Waals surface area contributed by atoms with E-state index in [0.717, 1.165) is 19.5 Å². The van der Waals surface area contributed by atoms with Crippen LogP contribution in [-0.4, -0.2) is 40.6 Å². The lowest BCUT2D eigenvalue weighted by atomic mass is 9.98. The molecule has 0 radical (unpaired) electrons. The van der Waals surface area contributed by atoms with Crippen LogP contribution in [0.2, 0.25) is 0 Å². The minimum atomic E-state index is -0.710. The van der Waals surface area contributed by atoms with Gasteiger partial charge in [0.15, 0.2) is 0 Å². The first-order chi connectivity index (χ1) is 9.06. The SMILES string of the molecule is CC(C)c1csc(C2CCCN(CCC(=O)O)C2)n1. The number of thiazole rings is 1. The molecule has 5 heteroatoms. The number of rotatable bonds is 5. The van der Waals surface area contributed by atoms with E-state index in [-0.39, 0.29) is 6.42 Å². The van der Waals surface area contributed by atoms with Crippen LogP contribution in [0, 0.1) is 0 Å². The van der Waals surface area contributed by atoms with Crippen molar-refractivity contribution in [2.75, 3.05) is 19.6 Å². The Bertz CT molecular complexity index is 431. The third kappa shape index (κ3) is 4.01. The van der Waals surface area contributed by atoms with Gasteiger partial charge in [-0.2, -0.15) is 0 Å². The Labute approximate surface area is 118 Å². The van der Waals surface area contributed by atoms with Crippen molar-refractivity contribution in [1.29, 1.82) is 0 Å². The summed E-state index contributed by atoms with van der Waals surface area (Å²) in [7, 11) is 0. The lowest BCUT2D eigenvalue weighted by Gasteiger charge is -2.31. The molecular formula is C14H22N2O2S. The van der Waals surface area contributed by atoms with E-state index in [4.69, 9.17) is 10.1 Å². The number of likely N-dealkylation sites (tertiary alicyclic amines) is 1. The van der Waals surface area contributed by atoms with Crippen LogP contribution in [0.15, 0.2) is 5.38 Å². The normalized spacial score (nSPS) is 20.9. The van der Waals surface area contributed by atoms with E-state index in [0.29, 0.717) is 18.4 Å². The number of carbonyl (C=O) groups is 1. The van der Waals surface area contributed by atoms with Crippen molar-refractivity contribution in [3.63, 3.8) is 0 Å². The van der Waals surface area contributed by atoms with E-state index < -0.39 is 5.97 Å². The fourth-order valence-corrected chi connectivity index (χ4v) is 3.58. The molecule has 1 aliphatic rings. The molecule has 1 aromatic heterocycles. The van der Waals surface area contributed by atoms with E-state index in [1.54, 1.807) is 11.3 Å². The van der Waals surface area contributed by atoms with E-state index in [9.17, 15) is 4.79 Å². The first-order valence-corrected chi connectivity index (χ1v) is 7.83. The summed E-state index contributed by atoms with van der Waals surface area (Å²) in [5.41, 5.74) is 1.18. The van der Waals surface area contributed by atoms with E-state index in [1.807, 2.05) is 0 Å². The first kappa shape index (κ1) is 14.5. The number of aromatic nitrogens is 1. The minimum Gasteiger partial charge on any atom is -0.481 e. The van der Waals surface area contributed by atoms with Gasteiger partial charge in [0, 0.05) is 24.4 Å². The largest absolute Gasteiger partial charge is 0.481 e. The van der Waals surface area contributed by atoms with Gasteiger partial charge in [-0.05, 0) is 25.3 Å². The zero-order valence-corrected chi connectivity index (χ0v) is 12.4. The van der Waals surface area contributed by atoms with Crippen LogP contribution in [0.3, 0.4) is 0 Å². The Morgan fingerprint density at radius 2 is 2.42 bits per heavy atom. The maximum Gasteiger partial charge on any atom is 0.304 e. The van der Waals surface area contributed by atoms with Crippen molar-refractivity contribution in [1.82, 2.24) is 9.88 Å². The van der Waals surface area contributed by atoms with E-state index >= 15 is 0 Å². The van der Waals surface area contributed by atoms with Gasteiger partial charge in [0.2, 0.25) is 0 Å². The highest BCUT2D eigenvalue weighted by Gasteiger charge is 2.24. The monoisotopic (exact) mass is 282 g/mol. The Morgan fingerprint density at radius 3 is 3.05 bits per heavy atom. The van der Waals surface area contributed by atoms with Crippen LogP contribution in [-0.2, 0) is 4.79 Å². The van der Waals surface area contributed by atoms with Gasteiger partial charge in [0.05, 0.1) is 17.1 Å². The van der Waals surface area contributed by atoms with Crippen molar-refractivity contribution >= 4 is 17.3 Å². The van der Waals surface area contributed by atoms with Gasteiger partial charge in [0.1, 0.15) is 0 Å². The molecule has 0 bridgehead atoms. The number of nitrogens with zero attached hydrogens (tertiary/aromatic N) is 2. The second-order valence-corrected chi connectivity index (χ2v) is 6.44. The molecule has 1 atom stereocenters. The number of aliphatic carboxylic acids is 1. The third-order valence-corrected chi connectivity index (χ3v) is 4.65. The summed E-state index contributed by atoms with van der Waals surface area (Å²) < 4.78 is 0. The fraction of sp³-hybridized carbons (Fsp3) is 0.714. The number of carboxylic acids is 1. The molecule has 0 spiro atoms. The number of hydrogen-bond acceptors (Lipinski definition) is 4. The molecule has 0 aromatic carbocycles. The van der Waals surface area contributed by atoms with Crippen LogP contribution in [0.5, 0.6) is 0 Å². The molecule has 1 aliphatic heterocycles. The average molecular weight is 282 g/mol. The van der Waals surface area contributed by atoms with Gasteiger partial charge in [0.25, 0.3) is 0 Å². The smallest absolute Gasteiger partial charge is 0.304 e. The molecule has 0 saturated carbocycles. The second kappa shape index (κ2) is 6.48. The van der Waals surface area contributed by atoms with Crippen molar-refractivity contribution in [3.8, 4) is 0 Å². The molecule has 4 nitrogen and oxygen atoms in total. The number of piperidine rings is 1. The third-order valence-electron chi connectivity index (χ3n) is 3.63. The Balaban J connectivity index is 1.94. The first-order valence-electron chi connectivity index (χ1n) is 6.95. The van der Waals surface area contributed by atoms with Crippen molar-refractivity contribution in [2.45, 2.75) is 44.9 Å². The molecule has 106 valence electrons. The maximum atomic E-state index is 10.6. The topological polar surface area (TPSA) is 53.4 Å². The minimum absolute atomic E-state index is 0.238. The van der Waals surface area contributed by atoms with Crippen LogP contribution in [0.1, 0.15) is 55.6 Å². The summed E-state index contributed by atoms with van der Waals surface area (Å²) in [5.74, 6) is 0.259. The van der Waals surface area contributed by atoms with E-state index in [1.165, 1.54) is 17.1 Å². The molecule has 0 amide bonds. The number of carboxylic acid groups (broad SMARTS) is 1. The lowest BCUT2D eigenvalue weighted by Crippen LogP contribution is -2.35. The second-order valence-electron chi connectivity index (χ2n) is 5.55. The highest BCUT2D eigenvalue weighted by atomic mass is 32.1. The predicted octanol–water partition coefficient (Wildman–Crippen LogP) is 2.92. The number of hydrogen-bond donors (Lipinski definition) is 1. The Hall–Kier alpha value is -0.940. The van der Waals surface area contributed by atoms with Crippen LogP contribution in [0.25, 0.3) is 0 Å². The zero-order chi connectivity index (χ0) is 13.8. The van der Waals surface area contributed by atoms with Crippen LogP contribution >= 0.6 is 11.3 Å². The van der Waals surface area contributed by atoms with Gasteiger partial charge >= 0.3 is 5.97 Å². The van der Waals surface area contributed by atoms with Gasteiger partial charge in [-0.1, -0.05) is 13.8 Å². The standard InChI is InChI=1S/C14H22N2O2S/c1-10(2)12-9-19-14(15-12)11-4-3-6-16(8-11)7-5-13(17)18/h9-11H,3-8H2,1-2H3,(H,17,18). The van der Waals surface area contributed by atoms with Gasteiger partial charge in [-0.3, -0.25) is 4.79 Å². The molecule has 1 unspecified atom stereocenters. The maximum absolute atomic E-state index is 10.6. The molecule has 2 rings (SSSR count). The summed E-state index contributed by atoms with van der Waals surface area (Å²) in [6, 6.07) is 0. The molecule has 2 heterocycles.